The van der Waals surface area contributed by atoms with Crippen LogP contribution in [-0.4, -0.2) is 52.6 Å². The summed E-state index contributed by atoms with van der Waals surface area (Å²) < 4.78 is 17.8. The molecule has 0 aromatic heterocycles. The van der Waals surface area contributed by atoms with Crippen molar-refractivity contribution in [2.75, 3.05) is 6.79 Å². The minimum atomic E-state index is -0.281. The Morgan fingerprint density at radius 1 is 0.960 bits per heavy atom. The number of nitrogens with zero attached hydrogens (tertiary/aromatic N) is 1. The van der Waals surface area contributed by atoms with Gasteiger partial charge in [-0.3, -0.25) is 0 Å². The van der Waals surface area contributed by atoms with Crippen LogP contribution in [0.5, 0.6) is 0 Å². The first-order valence-electron chi connectivity index (χ1n) is 9.89. The molecule has 150 valence electrons. The van der Waals surface area contributed by atoms with E-state index in [1.54, 1.807) is 0 Å². The van der Waals surface area contributed by atoms with E-state index in [1.165, 1.54) is 5.06 Å². The van der Waals surface area contributed by atoms with Crippen molar-refractivity contribution in [2.24, 2.45) is 0 Å². The summed E-state index contributed by atoms with van der Waals surface area (Å²) in [6.45, 7) is 17.0. The van der Waals surface area contributed by atoms with Crippen molar-refractivity contribution in [1.82, 2.24) is 5.06 Å². The Morgan fingerprint density at radius 2 is 1.48 bits per heavy atom. The highest BCUT2D eigenvalue weighted by Crippen LogP contribution is 2.38. The number of rotatable bonds is 10. The van der Waals surface area contributed by atoms with Gasteiger partial charge in [0.1, 0.15) is 6.79 Å². The van der Waals surface area contributed by atoms with Crippen LogP contribution in [0.25, 0.3) is 0 Å². The quantitative estimate of drug-likeness (QED) is 0.570. The number of hydroxylamine groups is 2. The summed E-state index contributed by atoms with van der Waals surface area (Å²) in [6.07, 6.45) is 5.13. The molecule has 5 nitrogen and oxygen atoms in total. The molecule has 3 atom stereocenters. The molecule has 25 heavy (non-hydrogen) atoms. The SMILES string of the molecule is CCC(C)OCOC(C)CC(CC)OC1CC(C)(C)N(O)C(C)(C)C1. The van der Waals surface area contributed by atoms with E-state index in [4.69, 9.17) is 14.2 Å². The second-order valence-electron chi connectivity index (χ2n) is 8.85. The maximum absolute atomic E-state index is 10.4. The molecule has 0 saturated carbocycles. The normalized spacial score (nSPS) is 24.8. The summed E-state index contributed by atoms with van der Waals surface area (Å²) in [5, 5.41) is 11.9. The van der Waals surface area contributed by atoms with E-state index < -0.39 is 0 Å². The zero-order valence-electron chi connectivity index (χ0n) is 17.7. The van der Waals surface area contributed by atoms with E-state index in [0.29, 0.717) is 6.79 Å². The first kappa shape index (κ1) is 22.8. The summed E-state index contributed by atoms with van der Waals surface area (Å²) in [5.74, 6) is 0. The average molecular weight is 360 g/mol. The van der Waals surface area contributed by atoms with Crippen molar-refractivity contribution in [2.45, 2.75) is 123 Å². The van der Waals surface area contributed by atoms with Crippen molar-refractivity contribution in [3.63, 3.8) is 0 Å². The van der Waals surface area contributed by atoms with Gasteiger partial charge in [0, 0.05) is 11.1 Å². The van der Waals surface area contributed by atoms with Crippen molar-refractivity contribution in [3.8, 4) is 0 Å². The molecule has 0 aromatic carbocycles. The van der Waals surface area contributed by atoms with Crippen LogP contribution in [0.1, 0.15) is 87.5 Å². The molecule has 3 unspecified atom stereocenters. The minimum absolute atomic E-state index is 0.105. The molecule has 0 amide bonds. The lowest BCUT2D eigenvalue weighted by Crippen LogP contribution is -2.60. The molecule has 1 N–H and O–H groups in total. The van der Waals surface area contributed by atoms with Crippen molar-refractivity contribution >= 4 is 0 Å². The van der Waals surface area contributed by atoms with Gasteiger partial charge >= 0.3 is 0 Å². The molecule has 1 saturated heterocycles. The zero-order chi connectivity index (χ0) is 19.3. The maximum Gasteiger partial charge on any atom is 0.147 e. The number of piperidine rings is 1. The Morgan fingerprint density at radius 3 is 1.96 bits per heavy atom. The van der Waals surface area contributed by atoms with Crippen molar-refractivity contribution in [1.29, 1.82) is 0 Å². The summed E-state index contributed by atoms with van der Waals surface area (Å²) in [4.78, 5) is 0. The molecule has 0 aliphatic carbocycles. The Labute approximate surface area is 155 Å². The second kappa shape index (κ2) is 9.65. The summed E-state index contributed by atoms with van der Waals surface area (Å²) in [5.41, 5.74) is -0.562. The third kappa shape index (κ3) is 7.14. The predicted molar refractivity (Wildman–Crippen MR) is 101 cm³/mol. The van der Waals surface area contributed by atoms with E-state index >= 15 is 0 Å². The lowest BCUT2D eigenvalue weighted by atomic mass is 9.80. The molecule has 1 aliphatic heterocycles. The minimum Gasteiger partial charge on any atom is -0.375 e. The Hall–Kier alpha value is -0.200. The van der Waals surface area contributed by atoms with E-state index in [-0.39, 0.29) is 35.5 Å². The highest BCUT2D eigenvalue weighted by atomic mass is 16.7. The molecule has 5 heteroatoms. The highest BCUT2D eigenvalue weighted by Gasteiger charge is 2.45. The van der Waals surface area contributed by atoms with Gasteiger partial charge in [-0.2, -0.15) is 5.06 Å². The monoisotopic (exact) mass is 359 g/mol. The molecule has 0 aromatic rings. The Balaban J connectivity index is 2.49. The molecule has 0 spiro atoms. The van der Waals surface area contributed by atoms with E-state index in [2.05, 4.69) is 55.4 Å². The number of hydrogen-bond donors (Lipinski definition) is 1. The van der Waals surface area contributed by atoms with E-state index in [1.807, 2.05) is 0 Å². The first-order valence-corrected chi connectivity index (χ1v) is 9.89. The van der Waals surface area contributed by atoms with Crippen LogP contribution >= 0.6 is 0 Å². The lowest BCUT2D eigenvalue weighted by molar-refractivity contribution is -0.265. The van der Waals surface area contributed by atoms with Gasteiger partial charge in [0.25, 0.3) is 0 Å². The molecule has 1 heterocycles. The first-order chi connectivity index (χ1) is 11.5. The fraction of sp³-hybridized carbons (Fsp3) is 1.00. The Bertz CT molecular complexity index is 368. The molecular formula is C20H41NO4. The van der Waals surface area contributed by atoms with E-state index in [0.717, 1.165) is 32.1 Å². The lowest BCUT2D eigenvalue weighted by Gasteiger charge is -2.51. The molecule has 1 fully saturated rings. The van der Waals surface area contributed by atoms with Crippen LogP contribution in [0.3, 0.4) is 0 Å². The van der Waals surface area contributed by atoms with Gasteiger partial charge in [0.2, 0.25) is 0 Å². The van der Waals surface area contributed by atoms with Crippen LogP contribution < -0.4 is 0 Å². The second-order valence-corrected chi connectivity index (χ2v) is 8.85. The van der Waals surface area contributed by atoms with Crippen LogP contribution in [0, 0.1) is 0 Å². The van der Waals surface area contributed by atoms with Crippen LogP contribution in [0.15, 0.2) is 0 Å². The topological polar surface area (TPSA) is 51.2 Å². The predicted octanol–water partition coefficient (Wildman–Crippen LogP) is 4.76. The molecule has 0 radical (unpaired) electrons. The fourth-order valence-electron chi connectivity index (χ4n) is 3.69. The third-order valence-electron chi connectivity index (χ3n) is 5.32. The van der Waals surface area contributed by atoms with Gasteiger partial charge < -0.3 is 19.4 Å². The van der Waals surface area contributed by atoms with Crippen LogP contribution in [0.2, 0.25) is 0 Å². The largest absolute Gasteiger partial charge is 0.375 e. The summed E-state index contributed by atoms with van der Waals surface area (Å²) in [7, 11) is 0. The molecule has 1 aliphatic rings. The highest BCUT2D eigenvalue weighted by molar-refractivity contribution is 4.97. The number of hydrogen-bond acceptors (Lipinski definition) is 5. The molecule has 0 bridgehead atoms. The smallest absolute Gasteiger partial charge is 0.147 e. The Kier molecular flexibility index (Phi) is 8.82. The molecular weight excluding hydrogens is 318 g/mol. The van der Waals surface area contributed by atoms with Gasteiger partial charge in [-0.1, -0.05) is 13.8 Å². The van der Waals surface area contributed by atoms with Crippen molar-refractivity contribution in [3.05, 3.63) is 0 Å². The zero-order valence-corrected chi connectivity index (χ0v) is 17.7. The van der Waals surface area contributed by atoms with E-state index in [9.17, 15) is 5.21 Å². The van der Waals surface area contributed by atoms with Gasteiger partial charge in [-0.05, 0) is 73.6 Å². The third-order valence-corrected chi connectivity index (χ3v) is 5.32. The van der Waals surface area contributed by atoms with Crippen LogP contribution in [-0.2, 0) is 14.2 Å². The van der Waals surface area contributed by atoms with Gasteiger partial charge in [-0.25, -0.2) is 0 Å². The van der Waals surface area contributed by atoms with Gasteiger partial charge in [0.15, 0.2) is 0 Å². The molecule has 1 rings (SSSR count). The summed E-state index contributed by atoms with van der Waals surface area (Å²) in [6, 6.07) is 0. The fourth-order valence-corrected chi connectivity index (χ4v) is 3.69. The van der Waals surface area contributed by atoms with Crippen molar-refractivity contribution < 1.29 is 19.4 Å². The van der Waals surface area contributed by atoms with Gasteiger partial charge in [0.05, 0.1) is 24.4 Å². The van der Waals surface area contributed by atoms with Crippen LogP contribution in [0.4, 0.5) is 0 Å². The van der Waals surface area contributed by atoms with Gasteiger partial charge in [-0.15, -0.1) is 0 Å². The maximum atomic E-state index is 10.4. The number of ether oxygens (including phenoxy) is 3. The average Bonchev–Trinajstić information content (AvgIpc) is 2.51. The standard InChI is InChI=1S/C20H41NO4/c1-9-15(3)23-14-24-16(4)11-17(10-2)25-18-12-19(5,6)21(22)20(7,8)13-18/h15-18,22H,9-14H2,1-8H3. The summed E-state index contributed by atoms with van der Waals surface area (Å²) >= 11 is 0.